The van der Waals surface area contributed by atoms with Crippen molar-refractivity contribution >= 4 is 5.97 Å². The molecular formula is C12H17N5O2. The van der Waals surface area contributed by atoms with Crippen LogP contribution in [0.5, 0.6) is 0 Å². The molecule has 2 aromatic heterocycles. The number of imidazole rings is 1. The van der Waals surface area contributed by atoms with Crippen molar-refractivity contribution in [3.05, 3.63) is 36.2 Å². The molecule has 0 saturated carbocycles. The van der Waals surface area contributed by atoms with E-state index in [0.717, 1.165) is 6.54 Å². The van der Waals surface area contributed by atoms with E-state index < -0.39 is 5.97 Å². The fourth-order valence-corrected chi connectivity index (χ4v) is 1.90. The number of hydrogen-bond donors (Lipinski definition) is 2. The first-order valence-corrected chi connectivity index (χ1v) is 6.01. The molecule has 0 amide bonds. The van der Waals surface area contributed by atoms with Crippen LogP contribution in [0, 0.1) is 0 Å². The third-order valence-electron chi connectivity index (χ3n) is 2.95. The summed E-state index contributed by atoms with van der Waals surface area (Å²) in [6, 6.07) is 0.200. The lowest BCUT2D eigenvalue weighted by molar-refractivity contribution is 0.0695. The number of carboxylic acids is 1. The maximum Gasteiger partial charge on any atom is 0.339 e. The fourth-order valence-electron chi connectivity index (χ4n) is 1.90. The third-order valence-corrected chi connectivity index (χ3v) is 2.95. The van der Waals surface area contributed by atoms with Crippen LogP contribution in [0.15, 0.2) is 24.9 Å². The summed E-state index contributed by atoms with van der Waals surface area (Å²) < 4.78 is 3.55. The first-order valence-electron chi connectivity index (χ1n) is 6.01. The predicted molar refractivity (Wildman–Crippen MR) is 68.7 cm³/mol. The van der Waals surface area contributed by atoms with Gasteiger partial charge in [-0.1, -0.05) is 0 Å². The lowest BCUT2D eigenvalue weighted by Gasteiger charge is -2.14. The highest BCUT2D eigenvalue weighted by atomic mass is 16.4. The number of aromatic carboxylic acids is 1. The highest BCUT2D eigenvalue weighted by Crippen LogP contribution is 2.07. The number of nitrogens with one attached hydrogen (secondary N) is 1. The standard InChI is InChI=1S/C12H17N5O2/c1-9(7-17-4-3-13-8-17)14-6-11-10(12(18)19)5-15-16(11)2/h3-5,8-9,14H,6-7H2,1-2H3,(H,18,19). The van der Waals surface area contributed by atoms with E-state index in [0.29, 0.717) is 12.2 Å². The molecule has 102 valence electrons. The van der Waals surface area contributed by atoms with Crippen molar-refractivity contribution in [2.24, 2.45) is 7.05 Å². The maximum atomic E-state index is 11.0. The van der Waals surface area contributed by atoms with E-state index in [-0.39, 0.29) is 11.6 Å². The molecule has 2 rings (SSSR count). The first kappa shape index (κ1) is 13.3. The molecule has 0 radical (unpaired) electrons. The van der Waals surface area contributed by atoms with Gasteiger partial charge in [0.15, 0.2) is 0 Å². The van der Waals surface area contributed by atoms with Gasteiger partial charge in [0.2, 0.25) is 0 Å². The SMILES string of the molecule is CC(Cn1ccnc1)NCc1c(C(=O)O)cnn1C. The van der Waals surface area contributed by atoms with Crippen LogP contribution >= 0.6 is 0 Å². The predicted octanol–water partition coefficient (Wildman–Crippen LogP) is 0.493. The van der Waals surface area contributed by atoms with Gasteiger partial charge in [-0.3, -0.25) is 4.68 Å². The second kappa shape index (κ2) is 5.66. The summed E-state index contributed by atoms with van der Waals surface area (Å²) in [6.45, 7) is 3.28. The van der Waals surface area contributed by atoms with Gasteiger partial charge in [-0.05, 0) is 6.92 Å². The minimum atomic E-state index is -0.952. The van der Waals surface area contributed by atoms with Gasteiger partial charge < -0.3 is 15.0 Å². The van der Waals surface area contributed by atoms with Crippen molar-refractivity contribution < 1.29 is 9.90 Å². The Balaban J connectivity index is 1.95. The third kappa shape index (κ3) is 3.19. The number of rotatable bonds is 6. The summed E-state index contributed by atoms with van der Waals surface area (Å²) in [6.07, 6.45) is 6.76. The van der Waals surface area contributed by atoms with E-state index in [2.05, 4.69) is 15.4 Å². The Bertz CT molecular complexity index is 546. The summed E-state index contributed by atoms with van der Waals surface area (Å²) in [5.74, 6) is -0.952. The zero-order valence-electron chi connectivity index (χ0n) is 10.9. The molecule has 0 aliphatic rings. The van der Waals surface area contributed by atoms with Crippen LogP contribution in [0.4, 0.5) is 0 Å². The topological polar surface area (TPSA) is 85.0 Å². The minimum Gasteiger partial charge on any atom is -0.478 e. The summed E-state index contributed by atoms with van der Waals surface area (Å²) in [5.41, 5.74) is 0.912. The van der Waals surface area contributed by atoms with Crippen LogP contribution in [0.1, 0.15) is 23.0 Å². The Labute approximate surface area is 110 Å². The monoisotopic (exact) mass is 263 g/mol. The number of carbonyl (C=O) groups is 1. The minimum absolute atomic E-state index is 0.200. The van der Waals surface area contributed by atoms with Crippen molar-refractivity contribution in [3.8, 4) is 0 Å². The molecule has 7 nitrogen and oxygen atoms in total. The Morgan fingerprint density at radius 2 is 2.37 bits per heavy atom. The van der Waals surface area contributed by atoms with Crippen molar-refractivity contribution in [2.75, 3.05) is 0 Å². The number of nitrogens with zero attached hydrogens (tertiary/aromatic N) is 4. The number of hydrogen-bond acceptors (Lipinski definition) is 4. The second-order valence-corrected chi connectivity index (χ2v) is 4.48. The molecule has 0 saturated heterocycles. The van der Waals surface area contributed by atoms with Crippen molar-refractivity contribution in [2.45, 2.75) is 26.1 Å². The highest BCUT2D eigenvalue weighted by Gasteiger charge is 2.15. The Hall–Kier alpha value is -2.15. The van der Waals surface area contributed by atoms with Gasteiger partial charge in [-0.2, -0.15) is 5.10 Å². The lowest BCUT2D eigenvalue weighted by atomic mass is 10.2. The Morgan fingerprint density at radius 3 is 3.00 bits per heavy atom. The van der Waals surface area contributed by atoms with E-state index in [1.807, 2.05) is 17.7 Å². The molecule has 2 heterocycles. The van der Waals surface area contributed by atoms with E-state index >= 15 is 0 Å². The van der Waals surface area contributed by atoms with Crippen LogP contribution in [0.25, 0.3) is 0 Å². The summed E-state index contributed by atoms with van der Waals surface area (Å²) in [4.78, 5) is 15.0. The van der Waals surface area contributed by atoms with Crippen LogP contribution in [-0.2, 0) is 20.1 Å². The molecule has 0 aromatic carbocycles. The zero-order valence-corrected chi connectivity index (χ0v) is 10.9. The average molecular weight is 263 g/mol. The molecular weight excluding hydrogens is 246 g/mol. The molecule has 1 atom stereocenters. The normalized spacial score (nSPS) is 12.5. The summed E-state index contributed by atoms with van der Waals surface area (Å²) in [5, 5.41) is 16.3. The van der Waals surface area contributed by atoms with E-state index in [1.165, 1.54) is 6.20 Å². The van der Waals surface area contributed by atoms with Crippen LogP contribution in [0.2, 0.25) is 0 Å². The smallest absolute Gasteiger partial charge is 0.339 e. The molecule has 19 heavy (non-hydrogen) atoms. The molecule has 0 spiro atoms. The largest absolute Gasteiger partial charge is 0.478 e. The van der Waals surface area contributed by atoms with E-state index in [9.17, 15) is 4.79 Å². The van der Waals surface area contributed by atoms with E-state index in [1.54, 1.807) is 24.3 Å². The first-order chi connectivity index (χ1) is 9.08. The number of aryl methyl sites for hydroxylation is 1. The molecule has 0 fully saturated rings. The van der Waals surface area contributed by atoms with Gasteiger partial charge in [0.05, 0.1) is 18.2 Å². The quantitative estimate of drug-likeness (QED) is 0.792. The molecule has 0 bridgehead atoms. The van der Waals surface area contributed by atoms with E-state index in [4.69, 9.17) is 5.11 Å². The molecule has 0 aliphatic carbocycles. The molecule has 7 heteroatoms. The van der Waals surface area contributed by atoms with Crippen LogP contribution in [0.3, 0.4) is 0 Å². The van der Waals surface area contributed by atoms with Gasteiger partial charge in [0, 0.05) is 38.6 Å². The van der Waals surface area contributed by atoms with Crippen molar-refractivity contribution in [3.63, 3.8) is 0 Å². The van der Waals surface area contributed by atoms with Gasteiger partial charge in [-0.15, -0.1) is 0 Å². The number of aromatic nitrogens is 4. The Morgan fingerprint density at radius 1 is 1.58 bits per heavy atom. The lowest BCUT2D eigenvalue weighted by Crippen LogP contribution is -2.30. The maximum absolute atomic E-state index is 11.0. The number of carboxylic acid groups (broad SMARTS) is 1. The van der Waals surface area contributed by atoms with Gasteiger partial charge in [0.25, 0.3) is 0 Å². The molecule has 0 aliphatic heterocycles. The summed E-state index contributed by atoms with van der Waals surface area (Å²) >= 11 is 0. The fraction of sp³-hybridized carbons (Fsp3) is 0.417. The van der Waals surface area contributed by atoms with Gasteiger partial charge >= 0.3 is 5.97 Å². The average Bonchev–Trinajstić information content (AvgIpc) is 2.96. The van der Waals surface area contributed by atoms with Crippen LogP contribution in [-0.4, -0.2) is 36.4 Å². The molecule has 2 aromatic rings. The van der Waals surface area contributed by atoms with Crippen molar-refractivity contribution in [1.29, 1.82) is 0 Å². The zero-order chi connectivity index (χ0) is 13.8. The molecule has 2 N–H and O–H groups in total. The Kier molecular flexibility index (Phi) is 3.96. The van der Waals surface area contributed by atoms with Gasteiger partial charge in [-0.25, -0.2) is 9.78 Å². The van der Waals surface area contributed by atoms with Gasteiger partial charge in [0.1, 0.15) is 5.56 Å². The van der Waals surface area contributed by atoms with Crippen LogP contribution < -0.4 is 5.32 Å². The highest BCUT2D eigenvalue weighted by molar-refractivity contribution is 5.88. The second-order valence-electron chi connectivity index (χ2n) is 4.48. The molecule has 1 unspecified atom stereocenters. The summed E-state index contributed by atoms with van der Waals surface area (Å²) in [7, 11) is 1.74. The van der Waals surface area contributed by atoms with Crippen molar-refractivity contribution in [1.82, 2.24) is 24.6 Å².